The molecule has 0 nitrogen and oxygen atoms in total. The summed E-state index contributed by atoms with van der Waals surface area (Å²) in [4.78, 5) is 0. The molecule has 0 radical (unpaired) electrons. The monoisotopic (exact) mass is 350 g/mol. The van der Waals surface area contributed by atoms with E-state index < -0.39 is 0 Å². The van der Waals surface area contributed by atoms with Crippen molar-refractivity contribution in [3.63, 3.8) is 0 Å². The van der Waals surface area contributed by atoms with Crippen LogP contribution < -0.4 is 0 Å². The third-order valence-electron chi connectivity index (χ3n) is 7.97. The molecule has 0 bridgehead atoms. The number of allylic oxidation sites excluding steroid dienone is 8. The number of rotatable bonds is 5. The summed E-state index contributed by atoms with van der Waals surface area (Å²) in [6.07, 6.45) is 23.3. The molecular weight excluding hydrogens is 312 g/mol. The SMILES string of the molecule is CCCC1(CC(C)C)C2=CC(C)=CCC2C2CCC(C3=CC=CC3)CC21. The second-order valence-corrected chi connectivity index (χ2v) is 10.0. The van der Waals surface area contributed by atoms with E-state index in [1.807, 2.05) is 5.57 Å². The average Bonchev–Trinajstić information content (AvgIpc) is 3.22. The molecule has 142 valence electrons. The second-order valence-electron chi connectivity index (χ2n) is 10.0. The van der Waals surface area contributed by atoms with Crippen LogP contribution in [0.15, 0.2) is 47.1 Å². The molecule has 2 saturated carbocycles. The lowest BCUT2D eigenvalue weighted by Crippen LogP contribution is -2.35. The highest BCUT2D eigenvalue weighted by Crippen LogP contribution is 2.66. The van der Waals surface area contributed by atoms with Crippen LogP contribution in [0.2, 0.25) is 0 Å². The van der Waals surface area contributed by atoms with Gasteiger partial charge in [0.25, 0.3) is 0 Å². The predicted molar refractivity (Wildman–Crippen MR) is 113 cm³/mol. The highest BCUT2D eigenvalue weighted by atomic mass is 14.6. The topological polar surface area (TPSA) is 0 Å². The minimum absolute atomic E-state index is 0.485. The summed E-state index contributed by atoms with van der Waals surface area (Å²) in [7, 11) is 0. The maximum Gasteiger partial charge on any atom is -0.00482 e. The molecule has 0 saturated heterocycles. The Morgan fingerprint density at radius 1 is 1.23 bits per heavy atom. The Bertz CT molecular complexity index is 656. The molecule has 0 aromatic rings. The van der Waals surface area contributed by atoms with Crippen molar-refractivity contribution in [1.82, 2.24) is 0 Å². The van der Waals surface area contributed by atoms with Crippen LogP contribution in [0, 0.1) is 35.0 Å². The lowest BCUT2D eigenvalue weighted by Gasteiger charge is -2.44. The molecule has 0 aromatic heterocycles. The van der Waals surface area contributed by atoms with Crippen molar-refractivity contribution in [1.29, 1.82) is 0 Å². The quantitative estimate of drug-likeness (QED) is 0.478. The van der Waals surface area contributed by atoms with Crippen molar-refractivity contribution >= 4 is 0 Å². The van der Waals surface area contributed by atoms with Gasteiger partial charge in [-0.1, -0.05) is 74.3 Å². The Labute approximate surface area is 161 Å². The molecule has 4 aliphatic carbocycles. The van der Waals surface area contributed by atoms with Crippen LogP contribution >= 0.6 is 0 Å². The Balaban J connectivity index is 1.72. The van der Waals surface area contributed by atoms with Gasteiger partial charge in [-0.3, -0.25) is 0 Å². The van der Waals surface area contributed by atoms with E-state index in [0.29, 0.717) is 5.41 Å². The molecule has 0 amide bonds. The van der Waals surface area contributed by atoms with Crippen molar-refractivity contribution in [2.75, 3.05) is 0 Å². The Kier molecular flexibility index (Phi) is 5.06. The van der Waals surface area contributed by atoms with Crippen molar-refractivity contribution < 1.29 is 0 Å². The molecule has 0 N–H and O–H groups in total. The minimum atomic E-state index is 0.485. The van der Waals surface area contributed by atoms with E-state index in [0.717, 1.165) is 29.6 Å². The third-order valence-corrected chi connectivity index (χ3v) is 7.97. The van der Waals surface area contributed by atoms with Crippen LogP contribution in [-0.2, 0) is 0 Å². The highest BCUT2D eigenvalue weighted by Gasteiger charge is 2.57. The summed E-state index contributed by atoms with van der Waals surface area (Å²) < 4.78 is 0. The fourth-order valence-electron chi connectivity index (χ4n) is 7.27. The zero-order chi connectivity index (χ0) is 18.3. The van der Waals surface area contributed by atoms with E-state index in [-0.39, 0.29) is 0 Å². The molecule has 0 heterocycles. The van der Waals surface area contributed by atoms with Crippen LogP contribution in [0.5, 0.6) is 0 Å². The van der Waals surface area contributed by atoms with Gasteiger partial charge in [0, 0.05) is 0 Å². The summed E-state index contributed by atoms with van der Waals surface area (Å²) in [6, 6.07) is 0. The van der Waals surface area contributed by atoms with E-state index >= 15 is 0 Å². The first-order valence-corrected chi connectivity index (χ1v) is 11.3. The van der Waals surface area contributed by atoms with Gasteiger partial charge in [0.1, 0.15) is 0 Å². The van der Waals surface area contributed by atoms with E-state index in [4.69, 9.17) is 0 Å². The molecule has 0 aliphatic heterocycles. The molecule has 0 spiro atoms. The van der Waals surface area contributed by atoms with Gasteiger partial charge in [-0.25, -0.2) is 0 Å². The van der Waals surface area contributed by atoms with E-state index in [1.165, 1.54) is 56.9 Å². The summed E-state index contributed by atoms with van der Waals surface area (Å²) in [5, 5.41) is 0. The van der Waals surface area contributed by atoms with E-state index in [1.54, 1.807) is 5.57 Å². The molecule has 5 atom stereocenters. The van der Waals surface area contributed by atoms with Gasteiger partial charge in [-0.15, -0.1) is 0 Å². The molecule has 2 fully saturated rings. The van der Waals surface area contributed by atoms with Crippen LogP contribution in [0.3, 0.4) is 0 Å². The smallest absolute Gasteiger partial charge is 0.00482 e. The average molecular weight is 351 g/mol. The lowest BCUT2D eigenvalue weighted by atomic mass is 9.60. The first kappa shape index (κ1) is 18.3. The second kappa shape index (κ2) is 7.17. The molecule has 26 heavy (non-hydrogen) atoms. The summed E-state index contributed by atoms with van der Waals surface area (Å²) in [6.45, 7) is 9.65. The number of hydrogen-bond acceptors (Lipinski definition) is 0. The third kappa shape index (κ3) is 2.98. The van der Waals surface area contributed by atoms with Gasteiger partial charge in [-0.2, -0.15) is 0 Å². The zero-order valence-electron chi connectivity index (χ0n) is 17.4. The van der Waals surface area contributed by atoms with Crippen molar-refractivity contribution in [2.45, 2.75) is 79.1 Å². The number of hydrogen-bond donors (Lipinski definition) is 0. The predicted octanol–water partition coefficient (Wildman–Crippen LogP) is 7.64. The van der Waals surface area contributed by atoms with Crippen LogP contribution in [0.4, 0.5) is 0 Å². The first-order valence-electron chi connectivity index (χ1n) is 11.3. The molecule has 0 aromatic carbocycles. The van der Waals surface area contributed by atoms with Crippen molar-refractivity contribution in [3.8, 4) is 0 Å². The lowest BCUT2D eigenvalue weighted by molar-refractivity contribution is 0.0867. The maximum absolute atomic E-state index is 2.63. The molecule has 4 rings (SSSR count). The van der Waals surface area contributed by atoms with Crippen LogP contribution in [0.25, 0.3) is 0 Å². The largest absolute Gasteiger partial charge is 0.0810 e. The van der Waals surface area contributed by atoms with E-state index in [2.05, 4.69) is 58.1 Å². The fourth-order valence-corrected chi connectivity index (χ4v) is 7.27. The van der Waals surface area contributed by atoms with Gasteiger partial charge >= 0.3 is 0 Å². The van der Waals surface area contributed by atoms with Crippen molar-refractivity contribution in [3.05, 3.63) is 47.1 Å². The van der Waals surface area contributed by atoms with Gasteiger partial charge in [0.15, 0.2) is 0 Å². The maximum atomic E-state index is 2.63. The fraction of sp³-hybridized carbons (Fsp3) is 0.692. The Hall–Kier alpha value is -1.04. The molecular formula is C26H38. The first-order chi connectivity index (χ1) is 12.5. The van der Waals surface area contributed by atoms with Gasteiger partial charge < -0.3 is 0 Å². The normalized spacial score (nSPS) is 38.7. The standard InChI is InChI=1S/C26H38/c1-5-14-26(17-18(2)3)24-15-19(4)10-12-22(24)23-13-11-21(16-25(23)26)20-8-6-7-9-20/h6-8,10,15,18,21-23,25H,5,9,11-14,16-17H2,1-4H3. The van der Waals surface area contributed by atoms with Crippen molar-refractivity contribution in [2.24, 2.45) is 35.0 Å². The van der Waals surface area contributed by atoms with Crippen LogP contribution in [0.1, 0.15) is 79.1 Å². The Morgan fingerprint density at radius 2 is 2.08 bits per heavy atom. The summed E-state index contributed by atoms with van der Waals surface area (Å²) in [5.74, 6) is 4.36. The zero-order valence-corrected chi connectivity index (χ0v) is 17.4. The van der Waals surface area contributed by atoms with Gasteiger partial charge in [-0.05, 0) is 86.9 Å². The Morgan fingerprint density at radius 3 is 2.77 bits per heavy atom. The molecule has 0 heteroatoms. The van der Waals surface area contributed by atoms with Gasteiger partial charge in [0.2, 0.25) is 0 Å². The molecule has 5 unspecified atom stereocenters. The summed E-state index contributed by atoms with van der Waals surface area (Å²) >= 11 is 0. The van der Waals surface area contributed by atoms with Gasteiger partial charge in [0.05, 0.1) is 0 Å². The van der Waals surface area contributed by atoms with E-state index in [9.17, 15) is 0 Å². The highest BCUT2D eigenvalue weighted by molar-refractivity contribution is 5.39. The number of fused-ring (bicyclic) bond motifs is 3. The molecule has 4 aliphatic rings. The minimum Gasteiger partial charge on any atom is -0.0810 e. The summed E-state index contributed by atoms with van der Waals surface area (Å²) in [5.41, 5.74) is 5.62. The van der Waals surface area contributed by atoms with Crippen LogP contribution in [-0.4, -0.2) is 0 Å².